The van der Waals surface area contributed by atoms with Crippen LogP contribution in [0.15, 0.2) is 57.8 Å². The smallest absolute Gasteiger partial charge is 0.293 e. The summed E-state index contributed by atoms with van der Waals surface area (Å²) in [4.78, 5) is 20.2. The van der Waals surface area contributed by atoms with Crippen molar-refractivity contribution in [3.8, 4) is 0 Å². The van der Waals surface area contributed by atoms with E-state index in [-0.39, 0.29) is 10.5 Å². The standard InChI is InChI=1S/C16H15NO5S/c1-12-7-9-13(10-8-12)11-17-23(19,20)15-6-4-3-5-14(15)16(18)22-21-2/h3-11H,1-2H3/b17-11+. The average molecular weight is 333 g/mol. The van der Waals surface area contributed by atoms with Crippen molar-refractivity contribution in [1.29, 1.82) is 0 Å². The Balaban J connectivity index is 2.36. The molecule has 120 valence electrons. The Morgan fingerprint density at radius 2 is 1.74 bits per heavy atom. The van der Waals surface area contributed by atoms with Crippen LogP contribution in [0, 0.1) is 6.92 Å². The van der Waals surface area contributed by atoms with Gasteiger partial charge in [0.1, 0.15) is 4.90 Å². The maximum Gasteiger partial charge on any atom is 0.374 e. The van der Waals surface area contributed by atoms with Gasteiger partial charge in [-0.25, -0.2) is 4.79 Å². The summed E-state index contributed by atoms with van der Waals surface area (Å²) in [6.07, 6.45) is 1.23. The first-order chi connectivity index (χ1) is 10.9. The molecule has 0 aromatic heterocycles. The molecule has 0 spiro atoms. The summed E-state index contributed by atoms with van der Waals surface area (Å²) in [6, 6.07) is 12.8. The Morgan fingerprint density at radius 3 is 2.39 bits per heavy atom. The summed E-state index contributed by atoms with van der Waals surface area (Å²) in [5.41, 5.74) is 1.55. The zero-order valence-electron chi connectivity index (χ0n) is 12.6. The number of hydrogen-bond donors (Lipinski definition) is 0. The lowest BCUT2D eigenvalue weighted by molar-refractivity contribution is -0.216. The predicted molar refractivity (Wildman–Crippen MR) is 84.8 cm³/mol. The number of benzene rings is 2. The number of hydrogen-bond acceptors (Lipinski definition) is 5. The first-order valence-electron chi connectivity index (χ1n) is 6.65. The maximum atomic E-state index is 12.4. The van der Waals surface area contributed by atoms with E-state index < -0.39 is 16.0 Å². The van der Waals surface area contributed by atoms with Gasteiger partial charge in [0.25, 0.3) is 10.0 Å². The molecule has 0 heterocycles. The van der Waals surface area contributed by atoms with E-state index in [1.54, 1.807) is 12.1 Å². The van der Waals surface area contributed by atoms with Gasteiger partial charge >= 0.3 is 5.97 Å². The fourth-order valence-electron chi connectivity index (χ4n) is 1.82. The van der Waals surface area contributed by atoms with Crippen LogP contribution < -0.4 is 0 Å². The molecular weight excluding hydrogens is 318 g/mol. The van der Waals surface area contributed by atoms with Crippen molar-refractivity contribution in [2.24, 2.45) is 4.40 Å². The van der Waals surface area contributed by atoms with Gasteiger partial charge in [0.15, 0.2) is 0 Å². The third-order valence-electron chi connectivity index (χ3n) is 2.96. The molecule has 7 heteroatoms. The Kier molecular flexibility index (Phi) is 5.25. The molecule has 6 nitrogen and oxygen atoms in total. The summed E-state index contributed by atoms with van der Waals surface area (Å²) in [7, 11) is -2.89. The molecule has 0 aliphatic rings. The Bertz CT molecular complexity index is 826. The van der Waals surface area contributed by atoms with E-state index in [2.05, 4.69) is 14.2 Å². The average Bonchev–Trinajstić information content (AvgIpc) is 2.54. The predicted octanol–water partition coefficient (Wildman–Crippen LogP) is 2.52. The maximum absolute atomic E-state index is 12.4. The molecule has 0 atom stereocenters. The van der Waals surface area contributed by atoms with Crippen LogP contribution in [0.4, 0.5) is 0 Å². The molecule has 0 radical (unpaired) electrons. The normalized spacial score (nSPS) is 11.6. The second kappa shape index (κ2) is 7.17. The molecule has 0 unspecified atom stereocenters. The van der Waals surface area contributed by atoms with Gasteiger partial charge < -0.3 is 0 Å². The second-order valence-corrected chi connectivity index (χ2v) is 6.25. The van der Waals surface area contributed by atoms with Gasteiger partial charge in [-0.2, -0.15) is 17.7 Å². The SMILES string of the molecule is COOC(=O)c1ccccc1S(=O)(=O)/N=C/c1ccc(C)cc1. The van der Waals surface area contributed by atoms with E-state index in [9.17, 15) is 13.2 Å². The molecule has 0 aliphatic carbocycles. The van der Waals surface area contributed by atoms with Gasteiger partial charge in [-0.15, -0.1) is 0 Å². The van der Waals surface area contributed by atoms with Crippen LogP contribution in [-0.4, -0.2) is 27.7 Å². The molecule has 23 heavy (non-hydrogen) atoms. The third kappa shape index (κ3) is 4.24. The zero-order chi connectivity index (χ0) is 16.9. The van der Waals surface area contributed by atoms with Gasteiger partial charge in [-0.3, -0.25) is 4.89 Å². The Morgan fingerprint density at radius 1 is 1.09 bits per heavy atom. The molecule has 2 aromatic carbocycles. The van der Waals surface area contributed by atoms with Crippen LogP contribution in [0.3, 0.4) is 0 Å². The van der Waals surface area contributed by atoms with E-state index in [0.717, 1.165) is 12.7 Å². The van der Waals surface area contributed by atoms with Gasteiger partial charge in [0.2, 0.25) is 0 Å². The molecular formula is C16H15NO5S. The van der Waals surface area contributed by atoms with Crippen LogP contribution in [0.1, 0.15) is 21.5 Å². The molecule has 0 N–H and O–H groups in total. The number of rotatable bonds is 5. The van der Waals surface area contributed by atoms with Gasteiger partial charge in [0, 0.05) is 6.21 Å². The highest BCUT2D eigenvalue weighted by atomic mass is 32.2. The van der Waals surface area contributed by atoms with Crippen LogP contribution in [0.2, 0.25) is 0 Å². The quantitative estimate of drug-likeness (QED) is 0.477. The molecule has 0 bridgehead atoms. The summed E-state index contributed by atoms with van der Waals surface area (Å²) in [6.45, 7) is 1.93. The molecule has 0 fully saturated rings. The Hall–Kier alpha value is -2.51. The highest BCUT2D eigenvalue weighted by Crippen LogP contribution is 2.19. The van der Waals surface area contributed by atoms with E-state index in [1.165, 1.54) is 30.5 Å². The number of nitrogens with zero attached hydrogens (tertiary/aromatic N) is 1. The monoisotopic (exact) mass is 333 g/mol. The second-order valence-electron chi connectivity index (χ2n) is 4.65. The summed E-state index contributed by atoms with van der Waals surface area (Å²) in [5.74, 6) is -0.905. The number of sulfonamides is 1. The lowest BCUT2D eigenvalue weighted by Crippen LogP contribution is -2.10. The van der Waals surface area contributed by atoms with E-state index in [1.807, 2.05) is 19.1 Å². The lowest BCUT2D eigenvalue weighted by Gasteiger charge is -2.05. The summed E-state index contributed by atoms with van der Waals surface area (Å²) < 4.78 is 28.3. The van der Waals surface area contributed by atoms with Crippen LogP contribution in [-0.2, 0) is 19.8 Å². The van der Waals surface area contributed by atoms with E-state index in [4.69, 9.17) is 0 Å². The minimum atomic E-state index is -4.05. The molecule has 0 saturated carbocycles. The van der Waals surface area contributed by atoms with Crippen molar-refractivity contribution in [3.63, 3.8) is 0 Å². The minimum Gasteiger partial charge on any atom is -0.293 e. The summed E-state index contributed by atoms with van der Waals surface area (Å²) >= 11 is 0. The number of aryl methyl sites for hydroxylation is 1. The highest BCUT2D eigenvalue weighted by Gasteiger charge is 2.22. The van der Waals surface area contributed by atoms with Gasteiger partial charge in [-0.1, -0.05) is 42.0 Å². The third-order valence-corrected chi connectivity index (χ3v) is 4.26. The molecule has 0 amide bonds. The fraction of sp³-hybridized carbons (Fsp3) is 0.125. The van der Waals surface area contributed by atoms with Crippen molar-refractivity contribution in [2.45, 2.75) is 11.8 Å². The van der Waals surface area contributed by atoms with Crippen LogP contribution >= 0.6 is 0 Å². The van der Waals surface area contributed by atoms with Crippen molar-refractivity contribution >= 4 is 22.2 Å². The first-order valence-corrected chi connectivity index (χ1v) is 8.09. The summed E-state index contributed by atoms with van der Waals surface area (Å²) in [5, 5.41) is 0. The fourth-order valence-corrected chi connectivity index (χ4v) is 2.87. The minimum absolute atomic E-state index is 0.143. The molecule has 0 aliphatic heterocycles. The van der Waals surface area contributed by atoms with E-state index >= 15 is 0 Å². The topological polar surface area (TPSA) is 82.0 Å². The zero-order valence-corrected chi connectivity index (χ0v) is 13.4. The Labute approximate surface area is 134 Å². The lowest BCUT2D eigenvalue weighted by atomic mass is 10.2. The van der Waals surface area contributed by atoms with Crippen molar-refractivity contribution in [2.75, 3.05) is 7.11 Å². The molecule has 2 rings (SSSR count). The molecule has 2 aromatic rings. The van der Waals surface area contributed by atoms with Crippen LogP contribution in [0.5, 0.6) is 0 Å². The first kappa shape index (κ1) is 16.9. The van der Waals surface area contributed by atoms with Crippen molar-refractivity contribution in [3.05, 3.63) is 65.2 Å². The van der Waals surface area contributed by atoms with Gasteiger partial charge in [-0.05, 0) is 24.6 Å². The van der Waals surface area contributed by atoms with Crippen LogP contribution in [0.25, 0.3) is 0 Å². The van der Waals surface area contributed by atoms with Crippen molar-refractivity contribution < 1.29 is 23.0 Å². The largest absolute Gasteiger partial charge is 0.374 e. The highest BCUT2D eigenvalue weighted by molar-refractivity contribution is 7.90. The van der Waals surface area contributed by atoms with Gasteiger partial charge in [0.05, 0.1) is 12.7 Å². The number of carbonyl (C=O) groups excluding carboxylic acids is 1. The van der Waals surface area contributed by atoms with Crippen molar-refractivity contribution in [1.82, 2.24) is 0 Å². The molecule has 0 saturated heterocycles. The van der Waals surface area contributed by atoms with E-state index in [0.29, 0.717) is 5.56 Å². The number of carbonyl (C=O) groups is 1.